The Morgan fingerprint density at radius 1 is 1.20 bits per heavy atom. The molecular formula is C15H11FN2O2. The van der Waals surface area contributed by atoms with Crippen molar-refractivity contribution >= 4 is 11.5 Å². The number of pyridine rings is 1. The number of imidazole rings is 1. The number of carbonyl (C=O) groups is 1. The minimum absolute atomic E-state index is 0.00988. The van der Waals surface area contributed by atoms with Crippen LogP contribution >= 0.6 is 0 Å². The summed E-state index contributed by atoms with van der Waals surface area (Å²) >= 11 is 0. The van der Waals surface area contributed by atoms with Gasteiger partial charge in [-0.3, -0.25) is 4.40 Å². The molecule has 100 valence electrons. The molecule has 0 bridgehead atoms. The molecule has 0 spiro atoms. The summed E-state index contributed by atoms with van der Waals surface area (Å²) in [6, 6.07) is 9.37. The first-order valence-corrected chi connectivity index (χ1v) is 6.04. The fraction of sp³-hybridized carbons (Fsp3) is 0.0667. The molecule has 0 saturated heterocycles. The highest BCUT2D eigenvalue weighted by atomic mass is 19.1. The number of hydrogen-bond donors (Lipinski definition) is 1. The van der Waals surface area contributed by atoms with Gasteiger partial charge in [0, 0.05) is 11.8 Å². The monoisotopic (exact) mass is 270 g/mol. The Hall–Kier alpha value is -2.69. The van der Waals surface area contributed by atoms with E-state index in [-0.39, 0.29) is 11.5 Å². The molecule has 0 saturated carbocycles. The number of aryl methyl sites for hydroxylation is 1. The highest BCUT2D eigenvalue weighted by molar-refractivity contribution is 5.95. The second-order valence-electron chi connectivity index (χ2n) is 4.56. The largest absolute Gasteiger partial charge is 0.476 e. The van der Waals surface area contributed by atoms with E-state index in [0.29, 0.717) is 16.9 Å². The Morgan fingerprint density at radius 3 is 2.55 bits per heavy atom. The molecule has 3 rings (SSSR count). The minimum Gasteiger partial charge on any atom is -0.476 e. The first kappa shape index (κ1) is 12.3. The molecule has 0 amide bonds. The number of aromatic nitrogens is 2. The Bertz CT molecular complexity index is 807. The van der Waals surface area contributed by atoms with Crippen LogP contribution in [0.25, 0.3) is 16.9 Å². The number of aromatic carboxylic acids is 1. The third kappa shape index (κ3) is 1.93. The highest BCUT2D eigenvalue weighted by Crippen LogP contribution is 2.23. The molecule has 0 fully saturated rings. The lowest BCUT2D eigenvalue weighted by atomic mass is 10.2. The van der Waals surface area contributed by atoms with Crippen LogP contribution in [-0.2, 0) is 0 Å². The summed E-state index contributed by atoms with van der Waals surface area (Å²) in [6.07, 6.45) is 1.81. The molecule has 0 unspecified atom stereocenters. The first-order valence-electron chi connectivity index (χ1n) is 6.04. The van der Waals surface area contributed by atoms with Crippen LogP contribution in [0.5, 0.6) is 0 Å². The van der Waals surface area contributed by atoms with E-state index in [0.717, 1.165) is 5.56 Å². The van der Waals surface area contributed by atoms with Crippen molar-refractivity contribution in [3.8, 4) is 11.4 Å². The Balaban J connectivity index is 2.32. The lowest BCUT2D eigenvalue weighted by Gasteiger charge is -2.02. The van der Waals surface area contributed by atoms with Gasteiger partial charge in [0.2, 0.25) is 0 Å². The van der Waals surface area contributed by atoms with Crippen molar-refractivity contribution in [2.45, 2.75) is 6.92 Å². The number of carboxylic acids is 1. The summed E-state index contributed by atoms with van der Waals surface area (Å²) in [7, 11) is 0. The fourth-order valence-corrected chi connectivity index (χ4v) is 2.15. The van der Waals surface area contributed by atoms with Crippen molar-refractivity contribution in [2.24, 2.45) is 0 Å². The van der Waals surface area contributed by atoms with Gasteiger partial charge in [-0.25, -0.2) is 14.2 Å². The van der Waals surface area contributed by atoms with Crippen LogP contribution in [0.15, 0.2) is 42.6 Å². The van der Waals surface area contributed by atoms with Crippen LogP contribution in [0, 0.1) is 12.7 Å². The van der Waals surface area contributed by atoms with Gasteiger partial charge in [-0.2, -0.15) is 0 Å². The molecule has 5 heteroatoms. The van der Waals surface area contributed by atoms with Gasteiger partial charge in [-0.1, -0.05) is 6.07 Å². The average Bonchev–Trinajstić information content (AvgIpc) is 2.78. The summed E-state index contributed by atoms with van der Waals surface area (Å²) in [5.41, 5.74) is 2.15. The third-order valence-corrected chi connectivity index (χ3v) is 3.09. The lowest BCUT2D eigenvalue weighted by molar-refractivity contribution is 0.0693. The summed E-state index contributed by atoms with van der Waals surface area (Å²) in [6.45, 7) is 1.91. The topological polar surface area (TPSA) is 54.6 Å². The van der Waals surface area contributed by atoms with E-state index in [2.05, 4.69) is 4.98 Å². The van der Waals surface area contributed by atoms with Gasteiger partial charge in [0.25, 0.3) is 0 Å². The zero-order chi connectivity index (χ0) is 14.3. The van der Waals surface area contributed by atoms with Gasteiger partial charge >= 0.3 is 5.97 Å². The average molecular weight is 270 g/mol. The van der Waals surface area contributed by atoms with Gasteiger partial charge in [0.15, 0.2) is 5.69 Å². The quantitative estimate of drug-likeness (QED) is 0.778. The first-order chi connectivity index (χ1) is 9.56. The number of fused-ring (bicyclic) bond motifs is 1. The number of carboxylic acid groups (broad SMARTS) is 1. The normalized spacial score (nSPS) is 10.9. The van der Waals surface area contributed by atoms with Crippen LogP contribution in [0.3, 0.4) is 0 Å². The Kier molecular flexibility index (Phi) is 2.75. The van der Waals surface area contributed by atoms with E-state index in [1.54, 1.807) is 22.6 Å². The third-order valence-electron chi connectivity index (χ3n) is 3.09. The number of benzene rings is 1. The van der Waals surface area contributed by atoms with Crippen molar-refractivity contribution < 1.29 is 14.3 Å². The summed E-state index contributed by atoms with van der Waals surface area (Å²) in [5, 5.41) is 9.22. The maximum absolute atomic E-state index is 13.0. The molecule has 20 heavy (non-hydrogen) atoms. The Labute approximate surface area is 114 Å². The van der Waals surface area contributed by atoms with Gasteiger partial charge < -0.3 is 5.11 Å². The molecule has 0 aliphatic heterocycles. The van der Waals surface area contributed by atoms with Crippen molar-refractivity contribution in [1.82, 2.24) is 9.38 Å². The summed E-state index contributed by atoms with van der Waals surface area (Å²) in [4.78, 5) is 15.4. The second-order valence-corrected chi connectivity index (χ2v) is 4.56. The maximum atomic E-state index is 13.0. The molecule has 1 aromatic carbocycles. The van der Waals surface area contributed by atoms with Crippen LogP contribution in [0.2, 0.25) is 0 Å². The number of rotatable bonds is 2. The Morgan fingerprint density at radius 2 is 1.90 bits per heavy atom. The smallest absolute Gasteiger partial charge is 0.356 e. The fourth-order valence-electron chi connectivity index (χ4n) is 2.15. The van der Waals surface area contributed by atoms with Crippen molar-refractivity contribution in [3.63, 3.8) is 0 Å². The molecular weight excluding hydrogens is 259 g/mol. The van der Waals surface area contributed by atoms with Gasteiger partial charge in [-0.15, -0.1) is 0 Å². The molecule has 2 heterocycles. The molecule has 0 aliphatic carbocycles. The molecule has 2 aromatic heterocycles. The van der Waals surface area contributed by atoms with Crippen LogP contribution < -0.4 is 0 Å². The second kappa shape index (κ2) is 4.45. The van der Waals surface area contributed by atoms with E-state index in [1.807, 2.05) is 19.2 Å². The molecule has 3 aromatic rings. The van der Waals surface area contributed by atoms with Crippen LogP contribution in [0.4, 0.5) is 4.39 Å². The van der Waals surface area contributed by atoms with E-state index < -0.39 is 5.97 Å². The van der Waals surface area contributed by atoms with E-state index in [1.165, 1.54) is 12.1 Å². The molecule has 0 aliphatic rings. The highest BCUT2D eigenvalue weighted by Gasteiger charge is 2.17. The van der Waals surface area contributed by atoms with Crippen LogP contribution in [-0.4, -0.2) is 20.5 Å². The van der Waals surface area contributed by atoms with E-state index in [4.69, 9.17) is 0 Å². The molecule has 0 atom stereocenters. The van der Waals surface area contributed by atoms with Gasteiger partial charge in [-0.05, 0) is 42.8 Å². The summed E-state index contributed by atoms with van der Waals surface area (Å²) in [5.74, 6) is -0.940. The zero-order valence-corrected chi connectivity index (χ0v) is 10.7. The maximum Gasteiger partial charge on any atom is 0.356 e. The van der Waals surface area contributed by atoms with Crippen molar-refractivity contribution in [1.29, 1.82) is 0 Å². The molecule has 0 radical (unpaired) electrons. The number of halogens is 1. The standard InChI is InChI=1S/C15H11FN2O2/c1-9-2-7-12-13(15(19)20)17-14(18(12)8-9)10-3-5-11(16)6-4-10/h2-8H,1H3,(H,19,20). The number of nitrogens with zero attached hydrogens (tertiary/aromatic N) is 2. The molecule has 1 N–H and O–H groups in total. The van der Waals surface area contributed by atoms with Gasteiger partial charge in [0.1, 0.15) is 11.6 Å². The minimum atomic E-state index is -1.08. The van der Waals surface area contributed by atoms with E-state index >= 15 is 0 Å². The predicted octanol–water partition coefficient (Wildman–Crippen LogP) is 3.15. The van der Waals surface area contributed by atoms with Crippen LogP contribution in [0.1, 0.15) is 16.1 Å². The van der Waals surface area contributed by atoms with Crippen molar-refractivity contribution in [3.05, 3.63) is 59.7 Å². The SMILES string of the molecule is Cc1ccc2c(C(=O)O)nc(-c3ccc(F)cc3)n2c1. The number of hydrogen-bond acceptors (Lipinski definition) is 2. The van der Waals surface area contributed by atoms with E-state index in [9.17, 15) is 14.3 Å². The van der Waals surface area contributed by atoms with Crippen molar-refractivity contribution in [2.75, 3.05) is 0 Å². The zero-order valence-electron chi connectivity index (χ0n) is 10.7. The molecule has 4 nitrogen and oxygen atoms in total. The van der Waals surface area contributed by atoms with Gasteiger partial charge in [0.05, 0.1) is 5.52 Å². The lowest BCUT2D eigenvalue weighted by Crippen LogP contribution is -1.97. The summed E-state index contributed by atoms with van der Waals surface area (Å²) < 4.78 is 14.7. The predicted molar refractivity (Wildman–Crippen MR) is 72.3 cm³/mol.